The van der Waals surface area contributed by atoms with Crippen LogP contribution in [0.1, 0.15) is 15.9 Å². The fourth-order valence-electron chi connectivity index (χ4n) is 4.01. The van der Waals surface area contributed by atoms with Crippen molar-refractivity contribution in [3.8, 4) is 17.2 Å². The fourth-order valence-corrected chi connectivity index (χ4v) is 4.83. The normalized spacial score (nSPS) is 10.9. The summed E-state index contributed by atoms with van der Waals surface area (Å²) in [6.45, 7) is 0. The number of thioether (sulfide) groups is 1. The summed E-state index contributed by atoms with van der Waals surface area (Å²) in [5.74, 6) is 0.206. The van der Waals surface area contributed by atoms with Crippen LogP contribution < -0.4 is 30.2 Å². The van der Waals surface area contributed by atoms with Crippen LogP contribution in [0.4, 0.5) is 11.4 Å². The monoisotopic (exact) mass is 631 g/mol. The van der Waals surface area contributed by atoms with E-state index in [-0.39, 0.29) is 17.4 Å². The Balaban J connectivity index is 1.49. The molecule has 4 aromatic rings. The molecule has 3 N–H and O–H groups in total. The number of benzene rings is 4. The number of hydrogen-bond acceptors (Lipinski definition) is 7. The number of carbonyl (C=O) groups is 3. The summed E-state index contributed by atoms with van der Waals surface area (Å²) in [5.41, 5.74) is 2.06. The van der Waals surface area contributed by atoms with Crippen LogP contribution >= 0.6 is 23.4 Å². The molecule has 0 saturated carbocycles. The highest BCUT2D eigenvalue weighted by molar-refractivity contribution is 8.00. The number of nitrogens with one attached hydrogen (secondary N) is 3. The zero-order chi connectivity index (χ0) is 31.5. The molecule has 0 aliphatic heterocycles. The topological polar surface area (TPSA) is 115 Å². The predicted octanol–water partition coefficient (Wildman–Crippen LogP) is 6.51. The average Bonchev–Trinajstić information content (AvgIpc) is 3.05. The predicted molar refractivity (Wildman–Crippen MR) is 174 cm³/mol. The molecule has 4 rings (SSSR count). The summed E-state index contributed by atoms with van der Waals surface area (Å²) in [6.07, 6.45) is 1.52. The fraction of sp³-hybridized carbons (Fsp3) is 0.121. The van der Waals surface area contributed by atoms with E-state index in [4.69, 9.17) is 25.8 Å². The summed E-state index contributed by atoms with van der Waals surface area (Å²) in [7, 11) is 4.47. The van der Waals surface area contributed by atoms with Gasteiger partial charge in [-0.05, 0) is 84.4 Å². The number of amides is 3. The van der Waals surface area contributed by atoms with Crippen LogP contribution in [0.3, 0.4) is 0 Å². The molecule has 9 nitrogen and oxygen atoms in total. The standard InChI is InChI=1S/C33H30ClN3O6S/c1-41-28-18-21(19-29(42-2)31(28)43-3)17-27(37-32(39)22-7-5-4-6-8-22)33(40)36-25-13-15-26(16-14-25)44-20-30(38)35-24-11-9-23(34)10-12-24/h4-19H,20H2,1-3H3,(H,35,38)(H,36,40)(H,37,39)/b27-17-. The van der Waals surface area contributed by atoms with E-state index < -0.39 is 11.8 Å². The molecule has 0 fully saturated rings. The lowest BCUT2D eigenvalue weighted by Crippen LogP contribution is -2.30. The Morgan fingerprint density at radius 1 is 0.773 bits per heavy atom. The van der Waals surface area contributed by atoms with Gasteiger partial charge in [-0.15, -0.1) is 11.8 Å². The molecule has 4 aromatic carbocycles. The van der Waals surface area contributed by atoms with Gasteiger partial charge < -0.3 is 30.2 Å². The first-order chi connectivity index (χ1) is 21.3. The zero-order valence-corrected chi connectivity index (χ0v) is 25.8. The summed E-state index contributed by atoms with van der Waals surface area (Å²) in [4.78, 5) is 39.6. The van der Waals surface area contributed by atoms with Gasteiger partial charge in [-0.1, -0.05) is 29.8 Å². The molecule has 44 heavy (non-hydrogen) atoms. The Labute approximate surface area is 264 Å². The van der Waals surface area contributed by atoms with Crippen molar-refractivity contribution in [2.24, 2.45) is 0 Å². The number of rotatable bonds is 12. The maximum atomic E-state index is 13.5. The number of hydrogen-bond donors (Lipinski definition) is 3. The minimum atomic E-state index is -0.550. The molecule has 3 amide bonds. The minimum Gasteiger partial charge on any atom is -0.493 e. The maximum absolute atomic E-state index is 13.5. The SMILES string of the molecule is COc1cc(/C=C(\NC(=O)c2ccccc2)C(=O)Nc2ccc(SCC(=O)Nc3ccc(Cl)cc3)cc2)cc(OC)c1OC. The molecule has 11 heteroatoms. The summed E-state index contributed by atoms with van der Waals surface area (Å²) < 4.78 is 16.3. The van der Waals surface area contributed by atoms with Gasteiger partial charge in [0.25, 0.3) is 11.8 Å². The van der Waals surface area contributed by atoms with Crippen molar-refractivity contribution in [1.29, 1.82) is 0 Å². The molecule has 0 saturated heterocycles. The van der Waals surface area contributed by atoms with Gasteiger partial charge in [0.2, 0.25) is 11.7 Å². The zero-order valence-electron chi connectivity index (χ0n) is 24.2. The van der Waals surface area contributed by atoms with Crippen molar-refractivity contribution in [2.45, 2.75) is 4.90 Å². The molecule has 0 heterocycles. The van der Waals surface area contributed by atoms with Crippen molar-refractivity contribution < 1.29 is 28.6 Å². The van der Waals surface area contributed by atoms with Gasteiger partial charge in [0.1, 0.15) is 5.70 Å². The quantitative estimate of drug-likeness (QED) is 0.121. The van der Waals surface area contributed by atoms with E-state index in [2.05, 4.69) is 16.0 Å². The minimum absolute atomic E-state index is 0.00884. The van der Waals surface area contributed by atoms with Gasteiger partial charge in [-0.25, -0.2) is 0 Å². The van der Waals surface area contributed by atoms with Crippen molar-refractivity contribution in [1.82, 2.24) is 5.32 Å². The molecule has 0 bridgehead atoms. The van der Waals surface area contributed by atoms with Crippen LogP contribution in [0.25, 0.3) is 6.08 Å². The first-order valence-corrected chi connectivity index (χ1v) is 14.6. The lowest BCUT2D eigenvalue weighted by Gasteiger charge is -2.15. The Bertz CT molecular complexity index is 1620. The molecule has 0 radical (unpaired) electrons. The number of ether oxygens (including phenoxy) is 3. The summed E-state index contributed by atoms with van der Waals surface area (Å²) in [6, 6.07) is 25.8. The van der Waals surface area contributed by atoms with Crippen LogP contribution in [-0.4, -0.2) is 44.8 Å². The number of carbonyl (C=O) groups excluding carboxylic acids is 3. The Kier molecular flexibility index (Phi) is 11.3. The Hall–Kier alpha value is -4.93. The summed E-state index contributed by atoms with van der Waals surface area (Å²) in [5, 5.41) is 8.94. The maximum Gasteiger partial charge on any atom is 0.272 e. The first-order valence-electron chi connectivity index (χ1n) is 13.3. The number of anilines is 2. The van der Waals surface area contributed by atoms with Crippen LogP contribution in [0.5, 0.6) is 17.2 Å². The van der Waals surface area contributed by atoms with Gasteiger partial charge in [0.05, 0.1) is 27.1 Å². The van der Waals surface area contributed by atoms with Crippen molar-refractivity contribution in [3.05, 3.63) is 113 Å². The van der Waals surface area contributed by atoms with Crippen molar-refractivity contribution in [3.63, 3.8) is 0 Å². The van der Waals surface area contributed by atoms with Gasteiger partial charge in [-0.3, -0.25) is 14.4 Å². The highest BCUT2D eigenvalue weighted by Crippen LogP contribution is 2.38. The largest absolute Gasteiger partial charge is 0.493 e. The second-order valence-corrected chi connectivity index (χ2v) is 10.6. The average molecular weight is 632 g/mol. The van der Waals surface area contributed by atoms with Gasteiger partial charge >= 0.3 is 0 Å². The molecule has 0 aromatic heterocycles. The van der Waals surface area contributed by atoms with E-state index >= 15 is 0 Å². The van der Waals surface area contributed by atoms with Crippen LogP contribution in [0.15, 0.2) is 102 Å². The second kappa shape index (κ2) is 15.5. The lowest BCUT2D eigenvalue weighted by molar-refractivity contribution is -0.114. The third kappa shape index (κ3) is 8.79. The molecule has 0 aliphatic rings. The summed E-state index contributed by atoms with van der Waals surface area (Å²) >= 11 is 7.24. The number of halogens is 1. The molecule has 226 valence electrons. The van der Waals surface area contributed by atoms with E-state index in [1.165, 1.54) is 39.2 Å². The van der Waals surface area contributed by atoms with Gasteiger partial charge in [-0.2, -0.15) is 0 Å². The van der Waals surface area contributed by atoms with Crippen LogP contribution in [0, 0.1) is 0 Å². The Morgan fingerprint density at radius 2 is 1.36 bits per heavy atom. The molecular formula is C33H30ClN3O6S. The van der Waals surface area contributed by atoms with E-state index in [9.17, 15) is 14.4 Å². The third-order valence-corrected chi connectivity index (χ3v) is 7.40. The van der Waals surface area contributed by atoms with Crippen LogP contribution in [0.2, 0.25) is 5.02 Å². The van der Waals surface area contributed by atoms with Gasteiger partial charge in [0, 0.05) is 26.9 Å². The first kappa shape index (κ1) is 32.0. The van der Waals surface area contributed by atoms with Crippen LogP contribution in [-0.2, 0) is 9.59 Å². The van der Waals surface area contributed by atoms with E-state index in [1.807, 2.05) is 0 Å². The lowest BCUT2D eigenvalue weighted by atomic mass is 10.1. The Morgan fingerprint density at radius 3 is 1.95 bits per heavy atom. The second-order valence-electron chi connectivity index (χ2n) is 9.16. The van der Waals surface area contributed by atoms with E-state index in [1.54, 1.807) is 91.0 Å². The third-order valence-electron chi connectivity index (χ3n) is 6.14. The van der Waals surface area contributed by atoms with E-state index in [0.717, 1.165) is 4.90 Å². The molecule has 0 atom stereocenters. The van der Waals surface area contributed by atoms with Gasteiger partial charge in [0.15, 0.2) is 11.5 Å². The van der Waals surface area contributed by atoms with E-state index in [0.29, 0.717) is 44.8 Å². The molecule has 0 unspecified atom stereocenters. The highest BCUT2D eigenvalue weighted by atomic mass is 35.5. The molecule has 0 spiro atoms. The van der Waals surface area contributed by atoms with Crippen molar-refractivity contribution >= 4 is 58.5 Å². The highest BCUT2D eigenvalue weighted by Gasteiger charge is 2.18. The number of methoxy groups -OCH3 is 3. The molecule has 0 aliphatic carbocycles. The van der Waals surface area contributed by atoms with Crippen molar-refractivity contribution in [2.75, 3.05) is 37.7 Å². The molecular weight excluding hydrogens is 602 g/mol. The smallest absolute Gasteiger partial charge is 0.272 e.